The molecule has 0 bridgehead atoms. The molecule has 0 saturated heterocycles. The Hall–Kier alpha value is -0.610. The van der Waals surface area contributed by atoms with E-state index in [9.17, 15) is 4.79 Å². The Morgan fingerprint density at radius 3 is 2.17 bits per heavy atom. The number of aliphatic hydroxyl groups excluding tert-OH is 1. The first-order valence-electron chi connectivity index (χ1n) is 3.90. The van der Waals surface area contributed by atoms with Crippen LogP contribution in [0.5, 0.6) is 0 Å². The van der Waals surface area contributed by atoms with Crippen LogP contribution in [0.2, 0.25) is 0 Å². The van der Waals surface area contributed by atoms with Crippen LogP contribution in [0.15, 0.2) is 0 Å². The summed E-state index contributed by atoms with van der Waals surface area (Å²) in [4.78, 5) is 10.3. The van der Waals surface area contributed by atoms with Crippen LogP contribution in [0.4, 0.5) is 0 Å². The molecule has 0 aromatic carbocycles. The second-order valence-electron chi connectivity index (χ2n) is 4.21. The minimum absolute atomic E-state index is 0.0597. The molecule has 12 heavy (non-hydrogen) atoms. The zero-order valence-corrected chi connectivity index (χ0v) is 7.74. The van der Waals surface area contributed by atoms with Crippen LogP contribution < -0.4 is 5.73 Å². The summed E-state index contributed by atoms with van der Waals surface area (Å²) in [7, 11) is 0. The molecule has 0 heterocycles. The molecule has 0 spiro atoms. The SMILES string of the molecule is CC(C)(C)C[C@H](N)C(O)C(=O)O. The van der Waals surface area contributed by atoms with Gasteiger partial charge in [-0.25, -0.2) is 4.79 Å². The number of hydrogen-bond acceptors (Lipinski definition) is 3. The number of carbonyl (C=O) groups is 1. The Balaban J connectivity index is 4.04. The largest absolute Gasteiger partial charge is 0.479 e. The Bertz CT molecular complexity index is 162. The zero-order chi connectivity index (χ0) is 9.94. The van der Waals surface area contributed by atoms with E-state index in [2.05, 4.69) is 0 Å². The van der Waals surface area contributed by atoms with Crippen molar-refractivity contribution in [3.05, 3.63) is 0 Å². The maximum atomic E-state index is 10.3. The van der Waals surface area contributed by atoms with Crippen molar-refractivity contribution in [2.75, 3.05) is 0 Å². The standard InChI is InChI=1S/C8H17NO3/c1-8(2,3)4-5(9)6(10)7(11)12/h5-6,10H,4,9H2,1-3H3,(H,11,12)/t5-,6?/m0/s1. The Morgan fingerprint density at radius 1 is 1.50 bits per heavy atom. The number of rotatable bonds is 3. The van der Waals surface area contributed by atoms with E-state index in [0.717, 1.165) is 0 Å². The zero-order valence-electron chi connectivity index (χ0n) is 7.74. The first-order chi connectivity index (χ1) is 5.24. The summed E-state index contributed by atoms with van der Waals surface area (Å²) >= 11 is 0. The van der Waals surface area contributed by atoms with Gasteiger partial charge in [-0.2, -0.15) is 0 Å². The van der Waals surface area contributed by atoms with Crippen molar-refractivity contribution in [1.29, 1.82) is 0 Å². The first kappa shape index (κ1) is 11.4. The van der Waals surface area contributed by atoms with Crippen molar-refractivity contribution in [1.82, 2.24) is 0 Å². The van der Waals surface area contributed by atoms with Crippen LogP contribution in [0.25, 0.3) is 0 Å². The minimum atomic E-state index is -1.45. The van der Waals surface area contributed by atoms with E-state index < -0.39 is 18.1 Å². The molecule has 0 amide bonds. The van der Waals surface area contributed by atoms with Crippen LogP contribution >= 0.6 is 0 Å². The Labute approximate surface area is 72.4 Å². The van der Waals surface area contributed by atoms with Gasteiger partial charge < -0.3 is 15.9 Å². The van der Waals surface area contributed by atoms with Gasteiger partial charge in [-0.15, -0.1) is 0 Å². The quantitative estimate of drug-likeness (QED) is 0.572. The number of carboxylic acids is 1. The summed E-state index contributed by atoms with van der Waals surface area (Å²) in [6.45, 7) is 5.84. The molecule has 1 unspecified atom stereocenters. The molecule has 0 rings (SSSR count). The van der Waals surface area contributed by atoms with Crippen LogP contribution in [0.3, 0.4) is 0 Å². The minimum Gasteiger partial charge on any atom is -0.479 e. The maximum Gasteiger partial charge on any atom is 0.334 e. The number of nitrogens with two attached hydrogens (primary N) is 1. The number of aliphatic carboxylic acids is 1. The summed E-state index contributed by atoms with van der Waals surface area (Å²) < 4.78 is 0. The second-order valence-corrected chi connectivity index (χ2v) is 4.21. The van der Waals surface area contributed by atoms with E-state index in [1.165, 1.54) is 0 Å². The van der Waals surface area contributed by atoms with Gasteiger partial charge in [0.2, 0.25) is 0 Å². The summed E-state index contributed by atoms with van der Waals surface area (Å²) in [6.07, 6.45) is -0.968. The van der Waals surface area contributed by atoms with Crippen LogP contribution in [-0.2, 0) is 4.79 Å². The van der Waals surface area contributed by atoms with Crippen molar-refractivity contribution >= 4 is 5.97 Å². The molecule has 0 fully saturated rings. The molecular formula is C8H17NO3. The highest BCUT2D eigenvalue weighted by Gasteiger charge is 2.26. The van der Waals surface area contributed by atoms with Crippen molar-refractivity contribution in [2.45, 2.75) is 39.3 Å². The molecule has 0 aliphatic rings. The van der Waals surface area contributed by atoms with Crippen LogP contribution in [0.1, 0.15) is 27.2 Å². The monoisotopic (exact) mass is 175 g/mol. The van der Waals surface area contributed by atoms with Gasteiger partial charge in [0.15, 0.2) is 6.10 Å². The normalized spacial score (nSPS) is 17.1. The first-order valence-corrected chi connectivity index (χ1v) is 3.90. The topological polar surface area (TPSA) is 83.5 Å². The van der Waals surface area contributed by atoms with E-state index >= 15 is 0 Å². The van der Waals surface area contributed by atoms with Crippen molar-refractivity contribution in [3.8, 4) is 0 Å². The highest BCUT2D eigenvalue weighted by Crippen LogP contribution is 2.21. The number of carboxylic acid groups (broad SMARTS) is 1. The molecule has 0 radical (unpaired) electrons. The van der Waals surface area contributed by atoms with E-state index in [4.69, 9.17) is 15.9 Å². The smallest absolute Gasteiger partial charge is 0.334 e. The lowest BCUT2D eigenvalue weighted by molar-refractivity contribution is -0.148. The molecule has 0 aromatic rings. The third kappa shape index (κ3) is 4.31. The highest BCUT2D eigenvalue weighted by molar-refractivity contribution is 5.72. The lowest BCUT2D eigenvalue weighted by atomic mass is 9.86. The fourth-order valence-corrected chi connectivity index (χ4v) is 1.00. The molecule has 0 aliphatic carbocycles. The maximum absolute atomic E-state index is 10.3. The van der Waals surface area contributed by atoms with Crippen molar-refractivity contribution in [3.63, 3.8) is 0 Å². The fraction of sp³-hybridized carbons (Fsp3) is 0.875. The van der Waals surface area contributed by atoms with Crippen molar-refractivity contribution < 1.29 is 15.0 Å². The average molecular weight is 175 g/mol. The van der Waals surface area contributed by atoms with E-state index in [0.29, 0.717) is 6.42 Å². The number of aliphatic hydroxyl groups is 1. The van der Waals surface area contributed by atoms with Gasteiger partial charge in [-0.05, 0) is 11.8 Å². The van der Waals surface area contributed by atoms with E-state index in [-0.39, 0.29) is 5.41 Å². The van der Waals surface area contributed by atoms with E-state index in [1.54, 1.807) is 0 Å². The van der Waals surface area contributed by atoms with Gasteiger partial charge in [0.05, 0.1) is 0 Å². The Kier molecular flexibility index (Phi) is 3.67. The van der Waals surface area contributed by atoms with Crippen LogP contribution in [-0.4, -0.2) is 28.3 Å². The average Bonchev–Trinajstić information content (AvgIpc) is 1.82. The summed E-state index contributed by atoms with van der Waals surface area (Å²) in [5.41, 5.74) is 5.41. The van der Waals surface area contributed by atoms with Gasteiger partial charge in [0.25, 0.3) is 0 Å². The van der Waals surface area contributed by atoms with Gasteiger partial charge >= 0.3 is 5.97 Å². The predicted octanol–water partition coefficient (Wildman–Crippen LogP) is 0.195. The highest BCUT2D eigenvalue weighted by atomic mass is 16.4. The molecule has 0 aliphatic heterocycles. The Morgan fingerprint density at radius 2 is 1.92 bits per heavy atom. The molecule has 4 nitrogen and oxygen atoms in total. The third-order valence-corrected chi connectivity index (χ3v) is 1.51. The summed E-state index contributed by atoms with van der Waals surface area (Å²) in [6, 6.07) is -0.692. The van der Waals surface area contributed by atoms with Gasteiger partial charge in [0, 0.05) is 6.04 Å². The molecule has 4 heteroatoms. The lowest BCUT2D eigenvalue weighted by Crippen LogP contribution is -2.42. The van der Waals surface area contributed by atoms with Gasteiger partial charge in [-0.3, -0.25) is 0 Å². The molecule has 0 saturated carbocycles. The van der Waals surface area contributed by atoms with Crippen LogP contribution in [0, 0.1) is 5.41 Å². The fourth-order valence-electron chi connectivity index (χ4n) is 1.00. The number of hydrogen-bond donors (Lipinski definition) is 3. The molecular weight excluding hydrogens is 158 g/mol. The summed E-state index contributed by atoms with van der Waals surface area (Å²) in [5.74, 6) is -1.26. The molecule has 72 valence electrons. The predicted molar refractivity (Wildman–Crippen MR) is 45.7 cm³/mol. The lowest BCUT2D eigenvalue weighted by Gasteiger charge is -2.24. The molecule has 4 N–H and O–H groups in total. The van der Waals surface area contributed by atoms with Gasteiger partial charge in [0.1, 0.15) is 0 Å². The third-order valence-electron chi connectivity index (χ3n) is 1.51. The van der Waals surface area contributed by atoms with Gasteiger partial charge in [-0.1, -0.05) is 20.8 Å². The van der Waals surface area contributed by atoms with E-state index in [1.807, 2.05) is 20.8 Å². The summed E-state index contributed by atoms with van der Waals surface area (Å²) in [5, 5.41) is 17.5. The van der Waals surface area contributed by atoms with Crippen molar-refractivity contribution in [2.24, 2.45) is 11.1 Å². The second kappa shape index (κ2) is 3.87. The molecule has 0 aromatic heterocycles. The molecule has 2 atom stereocenters.